The Kier molecular flexibility index (Phi) is 17.4. The van der Waals surface area contributed by atoms with Crippen molar-refractivity contribution >= 4 is 13.5 Å². The Hall–Kier alpha value is -2.62. The number of hydrogen-bond acceptors (Lipinski definition) is 5. The zero-order valence-electron chi connectivity index (χ0n) is 25.7. The number of carbonyl (C=O) groups is 1. The quantitative estimate of drug-likeness (QED) is 0.0832. The van der Waals surface area contributed by atoms with E-state index in [0.29, 0.717) is 24.3 Å². The van der Waals surface area contributed by atoms with E-state index in [1.54, 1.807) is 24.3 Å². The summed E-state index contributed by atoms with van der Waals surface area (Å²) >= 11 is 0. The molecule has 0 bridgehead atoms. The van der Waals surface area contributed by atoms with Gasteiger partial charge in [-0.1, -0.05) is 83.3 Å². The van der Waals surface area contributed by atoms with Crippen LogP contribution in [0.5, 0.6) is 11.5 Å². The van der Waals surface area contributed by atoms with Gasteiger partial charge in [-0.15, -0.1) is 0 Å². The molecule has 8 nitrogen and oxygen atoms in total. The summed E-state index contributed by atoms with van der Waals surface area (Å²) in [5, 5.41) is 2.96. The molecule has 2 aromatic rings. The zero-order valence-corrected chi connectivity index (χ0v) is 26.6. The second-order valence-corrected chi connectivity index (χ2v) is 13.0. The average Bonchev–Trinajstić information content (AvgIpc) is 2.97. The van der Waals surface area contributed by atoms with Crippen molar-refractivity contribution in [2.75, 3.05) is 12.8 Å². The number of amides is 1. The number of rotatable bonds is 23. The molecular formula is C32H48F3N2O6P. The number of hydrogen-bond donors (Lipinski definition) is 3. The fourth-order valence-corrected chi connectivity index (χ4v) is 5.40. The largest absolute Gasteiger partial charge is 0.487 e. The lowest BCUT2D eigenvalue weighted by Crippen LogP contribution is -2.37. The summed E-state index contributed by atoms with van der Waals surface area (Å²) in [6.45, 7) is 0.841. The van der Waals surface area contributed by atoms with Crippen LogP contribution in [0.1, 0.15) is 102 Å². The normalized spacial score (nSPS) is 12.6. The molecule has 2 rings (SSSR count). The van der Waals surface area contributed by atoms with Crippen molar-refractivity contribution in [2.24, 2.45) is 0 Å². The summed E-state index contributed by atoms with van der Waals surface area (Å²) in [5.74, 6) is 0.424. The van der Waals surface area contributed by atoms with E-state index >= 15 is 0 Å². The SMILES string of the molecule is CCCCCCCCCCCCCC(=O)N[C@@H](CCP(=O)(O)O)Cc1ccc(OCc2cc(OCC(F)(F)F)ccn2)cc1. The molecule has 248 valence electrons. The van der Waals surface area contributed by atoms with Crippen LogP contribution in [-0.4, -0.2) is 45.7 Å². The number of benzene rings is 1. The number of aromatic nitrogens is 1. The number of carbonyl (C=O) groups excluding carboxylic acids is 1. The van der Waals surface area contributed by atoms with E-state index in [9.17, 15) is 32.3 Å². The number of ether oxygens (including phenoxy) is 2. The third-order valence-electron chi connectivity index (χ3n) is 7.12. The summed E-state index contributed by atoms with van der Waals surface area (Å²) in [4.78, 5) is 35.5. The van der Waals surface area contributed by atoms with Crippen molar-refractivity contribution in [3.8, 4) is 11.5 Å². The standard InChI is InChI=1S/C32H48F3N2O6P/c1-2-3-4-5-6-7-8-9-10-11-12-13-31(38)37-27(19-21-44(39,40)41)22-26-14-16-29(17-15-26)42-24-28-23-30(18-20-36-28)43-25-32(33,34)35/h14-18,20,23,27H,2-13,19,21-22,24-25H2,1H3,(H,37,38)(H2,39,40,41)/t27-/m0/s1. The zero-order chi connectivity index (χ0) is 32.3. The second kappa shape index (κ2) is 20.4. The van der Waals surface area contributed by atoms with Crippen molar-refractivity contribution in [1.82, 2.24) is 10.3 Å². The molecule has 0 saturated carbocycles. The predicted octanol–water partition coefficient (Wildman–Crippen LogP) is 7.90. The van der Waals surface area contributed by atoms with Gasteiger partial charge in [-0.05, 0) is 43.0 Å². The molecule has 0 saturated heterocycles. The molecule has 44 heavy (non-hydrogen) atoms. The third kappa shape index (κ3) is 18.9. The summed E-state index contributed by atoms with van der Waals surface area (Å²) in [6.07, 6.45) is 10.6. The maximum atomic E-state index is 12.6. The van der Waals surface area contributed by atoms with Crippen LogP contribution in [0.25, 0.3) is 0 Å². The van der Waals surface area contributed by atoms with Crippen LogP contribution < -0.4 is 14.8 Å². The third-order valence-corrected chi connectivity index (χ3v) is 7.96. The number of unbranched alkanes of at least 4 members (excludes halogenated alkanes) is 10. The van der Waals surface area contributed by atoms with Gasteiger partial charge >= 0.3 is 13.8 Å². The first-order chi connectivity index (χ1) is 20.9. The molecule has 0 spiro atoms. The molecule has 1 aromatic carbocycles. The highest BCUT2D eigenvalue weighted by Gasteiger charge is 2.28. The van der Waals surface area contributed by atoms with Crippen LogP contribution >= 0.6 is 7.60 Å². The molecule has 3 N–H and O–H groups in total. The van der Waals surface area contributed by atoms with Gasteiger partial charge in [0.05, 0.1) is 11.9 Å². The minimum Gasteiger partial charge on any atom is -0.487 e. The van der Waals surface area contributed by atoms with Crippen molar-refractivity contribution < 1.29 is 41.8 Å². The molecular weight excluding hydrogens is 596 g/mol. The summed E-state index contributed by atoms with van der Waals surface area (Å²) in [6, 6.07) is 9.31. The molecule has 0 unspecified atom stereocenters. The molecule has 12 heteroatoms. The van der Waals surface area contributed by atoms with Gasteiger partial charge < -0.3 is 24.6 Å². The Balaban J connectivity index is 1.77. The van der Waals surface area contributed by atoms with Crippen molar-refractivity contribution in [2.45, 2.75) is 116 Å². The van der Waals surface area contributed by atoms with Crippen LogP contribution in [-0.2, 0) is 22.4 Å². The van der Waals surface area contributed by atoms with Crippen LogP contribution in [0.3, 0.4) is 0 Å². The molecule has 0 radical (unpaired) electrons. The smallest absolute Gasteiger partial charge is 0.422 e. The van der Waals surface area contributed by atoms with Crippen molar-refractivity contribution in [3.63, 3.8) is 0 Å². The molecule has 0 fully saturated rings. The highest BCUT2D eigenvalue weighted by molar-refractivity contribution is 7.51. The monoisotopic (exact) mass is 644 g/mol. The van der Waals surface area contributed by atoms with E-state index in [4.69, 9.17) is 9.47 Å². The molecule has 0 aliphatic heterocycles. The number of alkyl halides is 3. The van der Waals surface area contributed by atoms with Crippen LogP contribution in [0.4, 0.5) is 13.2 Å². The molecule has 1 heterocycles. The number of pyridine rings is 1. The van der Waals surface area contributed by atoms with Gasteiger partial charge in [-0.2, -0.15) is 13.2 Å². The van der Waals surface area contributed by atoms with E-state index in [1.807, 2.05) is 0 Å². The maximum absolute atomic E-state index is 12.6. The van der Waals surface area contributed by atoms with E-state index in [2.05, 4.69) is 17.2 Å². The van der Waals surface area contributed by atoms with Gasteiger partial charge in [-0.25, -0.2) is 0 Å². The maximum Gasteiger partial charge on any atom is 0.422 e. The first-order valence-electron chi connectivity index (χ1n) is 15.6. The molecule has 1 aromatic heterocycles. The average molecular weight is 645 g/mol. The van der Waals surface area contributed by atoms with Crippen molar-refractivity contribution in [1.29, 1.82) is 0 Å². The minimum atomic E-state index is -4.44. The minimum absolute atomic E-state index is 0.0164. The molecule has 0 aliphatic carbocycles. The molecule has 0 aliphatic rings. The topological polar surface area (TPSA) is 118 Å². The van der Waals surface area contributed by atoms with E-state index in [0.717, 1.165) is 24.8 Å². The van der Waals surface area contributed by atoms with Crippen LogP contribution in [0.15, 0.2) is 42.6 Å². The lowest BCUT2D eigenvalue weighted by Gasteiger charge is -2.20. The van der Waals surface area contributed by atoms with Crippen LogP contribution in [0.2, 0.25) is 0 Å². The fraction of sp³-hybridized carbons (Fsp3) is 0.625. The van der Waals surface area contributed by atoms with Gasteiger partial charge in [0, 0.05) is 24.7 Å². The van der Waals surface area contributed by atoms with Gasteiger partial charge in [-0.3, -0.25) is 14.3 Å². The van der Waals surface area contributed by atoms with Gasteiger partial charge in [0.1, 0.15) is 18.1 Å². The second-order valence-electron chi connectivity index (χ2n) is 11.3. The van der Waals surface area contributed by atoms with Crippen LogP contribution in [0, 0.1) is 0 Å². The van der Waals surface area contributed by atoms with Crippen molar-refractivity contribution in [3.05, 3.63) is 53.9 Å². The van der Waals surface area contributed by atoms with E-state index in [-0.39, 0.29) is 30.8 Å². The number of nitrogens with one attached hydrogen (secondary N) is 1. The highest BCUT2D eigenvalue weighted by atomic mass is 31.2. The summed E-state index contributed by atoms with van der Waals surface area (Å²) < 4.78 is 59.1. The Bertz CT molecular complexity index is 1130. The van der Waals surface area contributed by atoms with Gasteiger partial charge in [0.25, 0.3) is 0 Å². The number of halogens is 3. The molecule has 1 atom stereocenters. The summed E-state index contributed by atoms with van der Waals surface area (Å²) in [5.41, 5.74) is 1.25. The number of nitrogens with zero attached hydrogens (tertiary/aromatic N) is 1. The Morgan fingerprint density at radius 3 is 2.11 bits per heavy atom. The van der Waals surface area contributed by atoms with E-state index < -0.39 is 26.4 Å². The molecule has 1 amide bonds. The van der Waals surface area contributed by atoms with Gasteiger partial charge in [0.15, 0.2) is 6.61 Å². The first kappa shape index (κ1) is 37.6. The van der Waals surface area contributed by atoms with Gasteiger partial charge in [0.2, 0.25) is 5.91 Å². The highest BCUT2D eigenvalue weighted by Crippen LogP contribution is 2.35. The first-order valence-corrected chi connectivity index (χ1v) is 17.4. The lowest BCUT2D eigenvalue weighted by molar-refractivity contribution is -0.153. The lowest BCUT2D eigenvalue weighted by atomic mass is 10.0. The Morgan fingerprint density at radius 2 is 1.52 bits per heavy atom. The fourth-order valence-electron chi connectivity index (χ4n) is 4.75. The predicted molar refractivity (Wildman–Crippen MR) is 165 cm³/mol. The Labute approximate surface area is 259 Å². The Morgan fingerprint density at radius 1 is 0.909 bits per heavy atom. The summed E-state index contributed by atoms with van der Waals surface area (Å²) in [7, 11) is -4.22. The van der Waals surface area contributed by atoms with E-state index in [1.165, 1.54) is 69.7 Å².